The van der Waals surface area contributed by atoms with E-state index in [9.17, 15) is 29.1 Å². The van der Waals surface area contributed by atoms with Gasteiger partial charge in [0.1, 0.15) is 24.2 Å². The van der Waals surface area contributed by atoms with Crippen LogP contribution in [0.4, 0.5) is 0 Å². The number of hydroxylamine groups is 1. The molecule has 0 saturated heterocycles. The molecule has 2 aliphatic carbocycles. The highest BCUT2D eigenvalue weighted by Gasteiger charge is 2.51. The summed E-state index contributed by atoms with van der Waals surface area (Å²) in [4.78, 5) is 72.5. The normalized spacial score (nSPS) is 21.8. The molecular weight excluding hydrogens is 596 g/mol. The smallest absolute Gasteiger partial charge is 0.317 e. The molecule has 1 saturated carbocycles. The Kier molecular flexibility index (Phi) is 15.8. The minimum absolute atomic E-state index is 0.0191. The number of nitrogens with zero attached hydrogens (tertiary/aromatic N) is 1. The summed E-state index contributed by atoms with van der Waals surface area (Å²) in [5.41, 5.74) is 2.03. The van der Waals surface area contributed by atoms with Gasteiger partial charge in [0.2, 0.25) is 0 Å². The zero-order valence-corrected chi connectivity index (χ0v) is 28.4. The quantitative estimate of drug-likeness (QED) is 0.0379. The maximum Gasteiger partial charge on any atom is 0.317 e. The average Bonchev–Trinajstić information content (AvgIpc) is 2.96. The minimum atomic E-state index is -0.992. The number of methoxy groups -OCH3 is 2. The number of carbonyl (C=O) groups excluding carboxylic acids is 5. The highest BCUT2D eigenvalue weighted by Crippen LogP contribution is 2.42. The standard InChI is InChI=1S/2C17H25NO5/c2*1-6-8-11(18-23-9-7-2)13-12(19)10-17(3,4)14(15(13)20)16(21)22-5/h7,14,19H,2,6,8-10H2,1,3-5H3;7,14,18H,2,6,8-10H2,1,3-5H3/b18-11+;13-11+. The van der Waals surface area contributed by atoms with Gasteiger partial charge >= 0.3 is 11.9 Å². The lowest BCUT2D eigenvalue weighted by Gasteiger charge is -2.36. The van der Waals surface area contributed by atoms with Crippen LogP contribution in [0.25, 0.3) is 0 Å². The summed E-state index contributed by atoms with van der Waals surface area (Å²) in [5.74, 6) is -4.50. The molecule has 0 amide bonds. The highest BCUT2D eigenvalue weighted by atomic mass is 16.6. The molecule has 2 atom stereocenters. The number of ketones is 3. The number of allylic oxidation sites excluding steroid dienone is 4. The SMILES string of the molecule is C=CCO/N=C(\CCC)C1=C(O)CC(C)(C)C(C(=O)OC)C1=O.C=CCON/C(CCC)=C1\C(=O)CC(C)(C)C(C(=O)OC)C1=O. The number of ether oxygens (including phenoxy) is 2. The van der Waals surface area contributed by atoms with Crippen molar-refractivity contribution in [1.82, 2.24) is 5.48 Å². The Bertz CT molecular complexity index is 1270. The predicted octanol–water partition coefficient (Wildman–Crippen LogP) is 5.05. The molecule has 46 heavy (non-hydrogen) atoms. The Labute approximate surface area is 271 Å². The fourth-order valence-electron chi connectivity index (χ4n) is 5.50. The third kappa shape index (κ3) is 9.97. The third-order valence-corrected chi connectivity index (χ3v) is 7.60. The maximum absolute atomic E-state index is 12.8. The van der Waals surface area contributed by atoms with Crippen LogP contribution in [-0.4, -0.2) is 67.5 Å². The first-order valence-corrected chi connectivity index (χ1v) is 15.3. The van der Waals surface area contributed by atoms with Gasteiger partial charge in [-0.05, 0) is 23.7 Å². The number of nitrogens with one attached hydrogen (secondary N) is 1. The van der Waals surface area contributed by atoms with Crippen molar-refractivity contribution in [3.8, 4) is 0 Å². The Morgan fingerprint density at radius 2 is 1.41 bits per heavy atom. The largest absolute Gasteiger partial charge is 0.511 e. The van der Waals surface area contributed by atoms with Gasteiger partial charge < -0.3 is 19.4 Å². The summed E-state index contributed by atoms with van der Waals surface area (Å²) >= 11 is 0. The van der Waals surface area contributed by atoms with E-state index in [2.05, 4.69) is 23.8 Å². The fourth-order valence-corrected chi connectivity index (χ4v) is 5.50. The fraction of sp³-hybridized carbons (Fsp3) is 0.588. The van der Waals surface area contributed by atoms with Gasteiger partial charge in [-0.1, -0.05) is 78.3 Å². The van der Waals surface area contributed by atoms with Crippen molar-refractivity contribution >= 4 is 35.0 Å². The summed E-state index contributed by atoms with van der Waals surface area (Å²) in [5, 5.41) is 14.3. The minimum Gasteiger partial charge on any atom is -0.511 e. The average molecular weight is 647 g/mol. The van der Waals surface area contributed by atoms with E-state index in [1.807, 2.05) is 13.8 Å². The molecule has 0 aromatic rings. The third-order valence-electron chi connectivity index (χ3n) is 7.60. The van der Waals surface area contributed by atoms with E-state index in [1.165, 1.54) is 20.3 Å². The van der Waals surface area contributed by atoms with Gasteiger partial charge in [0, 0.05) is 12.8 Å². The van der Waals surface area contributed by atoms with Crippen molar-refractivity contribution in [3.05, 3.63) is 47.9 Å². The van der Waals surface area contributed by atoms with E-state index in [4.69, 9.17) is 19.1 Å². The number of carbonyl (C=O) groups is 5. The van der Waals surface area contributed by atoms with Crippen LogP contribution in [0, 0.1) is 22.7 Å². The van der Waals surface area contributed by atoms with Gasteiger partial charge in [0.25, 0.3) is 0 Å². The molecule has 0 spiro atoms. The molecule has 0 radical (unpaired) electrons. The molecular formula is C34H50N2O10. The van der Waals surface area contributed by atoms with Crippen LogP contribution in [0.2, 0.25) is 0 Å². The number of aliphatic hydroxyl groups excluding tert-OH is 1. The molecule has 2 N–H and O–H groups in total. The summed E-state index contributed by atoms with van der Waals surface area (Å²) in [6.45, 7) is 18.3. The second kappa shape index (κ2) is 18.2. The van der Waals surface area contributed by atoms with Gasteiger partial charge in [0.15, 0.2) is 17.3 Å². The maximum atomic E-state index is 12.8. The van der Waals surface area contributed by atoms with E-state index in [-0.39, 0.29) is 48.7 Å². The molecule has 12 nitrogen and oxygen atoms in total. The zero-order chi connectivity index (χ0) is 35.2. The lowest BCUT2D eigenvalue weighted by atomic mass is 9.65. The lowest BCUT2D eigenvalue weighted by Crippen LogP contribution is -2.47. The van der Waals surface area contributed by atoms with Crippen molar-refractivity contribution in [2.24, 2.45) is 27.8 Å². The molecule has 0 bridgehead atoms. The Morgan fingerprint density at radius 1 is 0.891 bits per heavy atom. The number of hydrogen-bond acceptors (Lipinski definition) is 12. The van der Waals surface area contributed by atoms with Crippen LogP contribution in [-0.2, 0) is 43.1 Å². The van der Waals surface area contributed by atoms with E-state index in [0.29, 0.717) is 30.7 Å². The van der Waals surface area contributed by atoms with E-state index >= 15 is 0 Å². The van der Waals surface area contributed by atoms with Crippen LogP contribution in [0.3, 0.4) is 0 Å². The van der Waals surface area contributed by atoms with Gasteiger partial charge in [-0.25, -0.2) is 0 Å². The van der Waals surface area contributed by atoms with Crippen molar-refractivity contribution in [1.29, 1.82) is 0 Å². The van der Waals surface area contributed by atoms with Crippen molar-refractivity contribution in [2.45, 2.75) is 80.1 Å². The summed E-state index contributed by atoms with van der Waals surface area (Å²) in [7, 11) is 2.49. The molecule has 2 aliphatic rings. The van der Waals surface area contributed by atoms with Crippen molar-refractivity contribution in [2.75, 3.05) is 27.4 Å². The highest BCUT2D eigenvalue weighted by molar-refractivity contribution is 6.28. The number of aliphatic hydroxyl groups is 1. The molecule has 0 aromatic heterocycles. The number of Topliss-reactive ketones (excluding diaryl/α,β-unsaturated/α-hetero) is 3. The molecule has 0 heterocycles. The van der Waals surface area contributed by atoms with Gasteiger partial charge in [0.05, 0.1) is 43.4 Å². The number of oxime groups is 1. The monoisotopic (exact) mass is 646 g/mol. The van der Waals surface area contributed by atoms with Crippen molar-refractivity contribution < 1.29 is 48.2 Å². The summed E-state index contributed by atoms with van der Waals surface area (Å²) in [6, 6.07) is 0. The number of esters is 2. The van der Waals surface area contributed by atoms with E-state index in [0.717, 1.165) is 6.42 Å². The molecule has 2 unspecified atom stereocenters. The second-order valence-electron chi connectivity index (χ2n) is 12.4. The molecule has 0 aromatic carbocycles. The molecule has 1 fully saturated rings. The first kappa shape index (κ1) is 40.0. The topological polar surface area (TPSA) is 167 Å². The Balaban J connectivity index is 0.000000460. The van der Waals surface area contributed by atoms with Crippen LogP contribution >= 0.6 is 0 Å². The predicted molar refractivity (Wildman–Crippen MR) is 172 cm³/mol. The first-order valence-electron chi connectivity index (χ1n) is 15.3. The van der Waals surface area contributed by atoms with Gasteiger partial charge in [-0.2, -0.15) is 0 Å². The zero-order valence-electron chi connectivity index (χ0n) is 28.4. The number of hydrogen-bond donors (Lipinski definition) is 2. The van der Waals surface area contributed by atoms with Crippen molar-refractivity contribution in [3.63, 3.8) is 0 Å². The van der Waals surface area contributed by atoms with E-state index in [1.54, 1.807) is 33.8 Å². The van der Waals surface area contributed by atoms with Crippen LogP contribution in [0.1, 0.15) is 80.1 Å². The Hall–Kier alpha value is -4.06. The van der Waals surface area contributed by atoms with Crippen LogP contribution in [0.5, 0.6) is 0 Å². The second-order valence-corrected chi connectivity index (χ2v) is 12.4. The summed E-state index contributed by atoms with van der Waals surface area (Å²) in [6.07, 6.45) is 5.73. The van der Waals surface area contributed by atoms with Gasteiger partial charge in [-0.15, -0.1) is 6.58 Å². The molecule has 2 rings (SSSR count). The molecule has 0 aliphatic heterocycles. The lowest BCUT2D eigenvalue weighted by molar-refractivity contribution is -0.156. The molecule has 12 heteroatoms. The van der Waals surface area contributed by atoms with Gasteiger partial charge in [-0.3, -0.25) is 34.3 Å². The van der Waals surface area contributed by atoms with Crippen LogP contribution in [0.15, 0.2) is 53.1 Å². The summed E-state index contributed by atoms with van der Waals surface area (Å²) < 4.78 is 9.53. The van der Waals surface area contributed by atoms with E-state index < -0.39 is 46.2 Å². The number of rotatable bonds is 14. The Morgan fingerprint density at radius 3 is 1.91 bits per heavy atom. The molecule has 256 valence electrons. The first-order chi connectivity index (χ1) is 21.6. The van der Waals surface area contributed by atoms with Crippen LogP contribution < -0.4 is 5.48 Å².